The third kappa shape index (κ3) is 2.35. The van der Waals surface area contributed by atoms with E-state index in [0.29, 0.717) is 0 Å². The molecule has 1 aromatic rings. The van der Waals surface area contributed by atoms with E-state index in [0.717, 1.165) is 0 Å². The first-order chi connectivity index (χ1) is 6.65. The van der Waals surface area contributed by atoms with Gasteiger partial charge in [0.15, 0.2) is 0 Å². The number of pyridine rings is 1. The summed E-state index contributed by atoms with van der Waals surface area (Å²) >= 11 is 0. The molecule has 1 rings (SSSR count). The van der Waals surface area contributed by atoms with Crippen molar-refractivity contribution < 1.29 is 9.53 Å². The van der Waals surface area contributed by atoms with Crippen molar-refractivity contribution in [2.75, 3.05) is 12.8 Å². The van der Waals surface area contributed by atoms with Crippen LogP contribution in [-0.4, -0.2) is 17.6 Å². The summed E-state index contributed by atoms with van der Waals surface area (Å²) in [7, 11) is 1.31. The van der Waals surface area contributed by atoms with Crippen LogP contribution in [0.5, 0.6) is 0 Å². The molecule has 0 bridgehead atoms. The fourth-order valence-electron chi connectivity index (χ4n) is 1.05. The number of rotatable bonds is 3. The van der Waals surface area contributed by atoms with Crippen molar-refractivity contribution in [2.45, 2.75) is 13.0 Å². The zero-order chi connectivity index (χ0) is 10.6. The average Bonchev–Trinajstić information content (AvgIpc) is 2.20. The quantitative estimate of drug-likeness (QED) is 0.690. The molecule has 5 nitrogen and oxygen atoms in total. The van der Waals surface area contributed by atoms with Gasteiger partial charge < -0.3 is 15.0 Å². The highest BCUT2D eigenvalue weighted by atomic mass is 16.5. The molecule has 1 aromatic heterocycles. The lowest BCUT2D eigenvalue weighted by molar-refractivity contribution is -0.140. The highest BCUT2D eigenvalue weighted by Crippen LogP contribution is 1.94. The monoisotopic (exact) mass is 196 g/mol. The van der Waals surface area contributed by atoms with Crippen LogP contribution in [0.3, 0.4) is 0 Å². The molecule has 0 aromatic carbocycles. The van der Waals surface area contributed by atoms with E-state index < -0.39 is 0 Å². The Morgan fingerprint density at radius 1 is 1.64 bits per heavy atom. The molecule has 0 spiro atoms. The predicted octanol–water partition coefficient (Wildman–Crippen LogP) is -0.00640. The highest BCUT2D eigenvalue weighted by molar-refractivity contribution is 5.68. The van der Waals surface area contributed by atoms with Gasteiger partial charge in [0.05, 0.1) is 19.2 Å². The maximum absolute atomic E-state index is 11.4. The van der Waals surface area contributed by atoms with Crippen LogP contribution >= 0.6 is 0 Å². The molecule has 0 aliphatic heterocycles. The third-order valence-electron chi connectivity index (χ3n) is 1.83. The number of aryl methyl sites for hydroxylation is 1. The first-order valence-corrected chi connectivity index (χ1v) is 4.17. The van der Waals surface area contributed by atoms with Crippen molar-refractivity contribution >= 4 is 11.7 Å². The van der Waals surface area contributed by atoms with E-state index in [2.05, 4.69) is 4.74 Å². The van der Waals surface area contributed by atoms with Gasteiger partial charge in [-0.05, 0) is 12.1 Å². The topological polar surface area (TPSA) is 74.3 Å². The Kier molecular flexibility index (Phi) is 3.28. The van der Waals surface area contributed by atoms with Gasteiger partial charge in [0.25, 0.3) is 5.56 Å². The number of hydrogen-bond acceptors (Lipinski definition) is 4. The van der Waals surface area contributed by atoms with E-state index in [1.54, 1.807) is 12.3 Å². The maximum atomic E-state index is 11.4. The summed E-state index contributed by atoms with van der Waals surface area (Å²) in [6, 6.07) is 3.19. The molecule has 0 aliphatic rings. The molecule has 2 N–H and O–H groups in total. The molecule has 14 heavy (non-hydrogen) atoms. The van der Waals surface area contributed by atoms with Crippen LogP contribution < -0.4 is 11.3 Å². The van der Waals surface area contributed by atoms with Gasteiger partial charge in [-0.3, -0.25) is 9.59 Å². The third-order valence-corrected chi connectivity index (χ3v) is 1.83. The van der Waals surface area contributed by atoms with Crippen molar-refractivity contribution in [3.8, 4) is 0 Å². The number of ether oxygens (including phenoxy) is 1. The van der Waals surface area contributed by atoms with Crippen LogP contribution in [0, 0.1) is 0 Å². The first-order valence-electron chi connectivity index (χ1n) is 4.17. The van der Waals surface area contributed by atoms with Gasteiger partial charge in [-0.15, -0.1) is 0 Å². The van der Waals surface area contributed by atoms with Crippen LogP contribution in [0.4, 0.5) is 5.69 Å². The lowest BCUT2D eigenvalue weighted by atomic mass is 10.3. The number of nitrogens with two attached hydrogens (primary N) is 1. The molecule has 0 fully saturated rings. The number of nitrogens with zero attached hydrogens (tertiary/aromatic N) is 1. The Labute approximate surface area is 81.1 Å². The smallest absolute Gasteiger partial charge is 0.307 e. The summed E-state index contributed by atoms with van der Waals surface area (Å²) in [6.07, 6.45) is 1.75. The highest BCUT2D eigenvalue weighted by Gasteiger charge is 2.03. The minimum Gasteiger partial charge on any atom is -0.469 e. The van der Waals surface area contributed by atoms with Crippen LogP contribution in [-0.2, 0) is 16.1 Å². The molecular weight excluding hydrogens is 184 g/mol. The van der Waals surface area contributed by atoms with E-state index in [1.165, 1.54) is 17.7 Å². The van der Waals surface area contributed by atoms with E-state index >= 15 is 0 Å². The van der Waals surface area contributed by atoms with Crippen molar-refractivity contribution in [3.63, 3.8) is 0 Å². The second kappa shape index (κ2) is 4.45. The molecule has 0 aliphatic carbocycles. The van der Waals surface area contributed by atoms with Crippen LogP contribution in [0.25, 0.3) is 0 Å². The molecule has 0 atom stereocenters. The van der Waals surface area contributed by atoms with Gasteiger partial charge in [0.2, 0.25) is 0 Å². The number of methoxy groups -OCH3 is 1. The Morgan fingerprint density at radius 2 is 2.36 bits per heavy atom. The number of esters is 1. The van der Waals surface area contributed by atoms with Gasteiger partial charge in [-0.2, -0.15) is 0 Å². The fraction of sp³-hybridized carbons (Fsp3) is 0.333. The number of carbonyl (C=O) groups is 1. The standard InChI is InChI=1S/C9H12N2O3/c1-14-8(12)4-6-11-5-2-3-7(10)9(11)13/h2-3,5H,4,6,10H2,1H3. The van der Waals surface area contributed by atoms with Gasteiger partial charge in [0, 0.05) is 12.7 Å². The SMILES string of the molecule is COC(=O)CCn1cccc(N)c1=O. The van der Waals surface area contributed by atoms with Crippen LogP contribution in [0.1, 0.15) is 6.42 Å². The molecule has 0 unspecified atom stereocenters. The van der Waals surface area contributed by atoms with E-state index in [9.17, 15) is 9.59 Å². The van der Waals surface area contributed by atoms with E-state index in [1.807, 2.05) is 0 Å². The molecule has 0 amide bonds. The number of anilines is 1. The zero-order valence-electron chi connectivity index (χ0n) is 7.90. The number of carbonyl (C=O) groups excluding carboxylic acids is 1. The van der Waals surface area contributed by atoms with Crippen LogP contribution in [0.2, 0.25) is 0 Å². The zero-order valence-corrected chi connectivity index (χ0v) is 7.90. The molecule has 0 saturated carbocycles. The summed E-state index contributed by atoms with van der Waals surface area (Å²) < 4.78 is 5.84. The van der Waals surface area contributed by atoms with Gasteiger partial charge >= 0.3 is 5.97 Å². The summed E-state index contributed by atoms with van der Waals surface area (Å²) in [4.78, 5) is 22.2. The number of aromatic nitrogens is 1. The second-order valence-corrected chi connectivity index (χ2v) is 2.79. The van der Waals surface area contributed by atoms with Crippen molar-refractivity contribution in [2.24, 2.45) is 0 Å². The molecule has 5 heteroatoms. The summed E-state index contributed by atoms with van der Waals surface area (Å²) in [6.45, 7) is 0.288. The maximum Gasteiger partial charge on any atom is 0.307 e. The molecule has 0 radical (unpaired) electrons. The average molecular weight is 196 g/mol. The Morgan fingerprint density at radius 3 is 3.00 bits per heavy atom. The summed E-state index contributed by atoms with van der Waals surface area (Å²) in [5.74, 6) is -0.348. The lowest BCUT2D eigenvalue weighted by Gasteiger charge is -2.04. The number of nitrogen functional groups attached to an aromatic ring is 1. The largest absolute Gasteiger partial charge is 0.469 e. The van der Waals surface area contributed by atoms with Crippen molar-refractivity contribution in [1.29, 1.82) is 0 Å². The van der Waals surface area contributed by atoms with Gasteiger partial charge in [-0.25, -0.2) is 0 Å². The molecular formula is C9H12N2O3. The Bertz CT molecular complexity index is 384. The molecule has 1 heterocycles. The first kappa shape index (κ1) is 10.3. The Balaban J connectivity index is 2.73. The van der Waals surface area contributed by atoms with Crippen molar-refractivity contribution in [3.05, 3.63) is 28.7 Å². The predicted molar refractivity (Wildman–Crippen MR) is 51.7 cm³/mol. The minimum absolute atomic E-state index is 0.167. The molecule has 0 saturated heterocycles. The normalized spacial score (nSPS) is 9.79. The fourth-order valence-corrected chi connectivity index (χ4v) is 1.05. The van der Waals surface area contributed by atoms with Crippen molar-refractivity contribution in [1.82, 2.24) is 4.57 Å². The Hall–Kier alpha value is -1.78. The van der Waals surface area contributed by atoms with E-state index in [-0.39, 0.29) is 30.2 Å². The van der Waals surface area contributed by atoms with Gasteiger partial charge in [0.1, 0.15) is 0 Å². The lowest BCUT2D eigenvalue weighted by Crippen LogP contribution is -2.23. The summed E-state index contributed by atoms with van der Waals surface area (Å²) in [5, 5.41) is 0. The summed E-state index contributed by atoms with van der Waals surface area (Å²) in [5.41, 5.74) is 5.31. The van der Waals surface area contributed by atoms with Crippen LogP contribution in [0.15, 0.2) is 23.1 Å². The number of hydrogen-bond donors (Lipinski definition) is 1. The van der Waals surface area contributed by atoms with E-state index in [4.69, 9.17) is 5.73 Å². The molecule has 76 valence electrons. The minimum atomic E-state index is -0.348. The second-order valence-electron chi connectivity index (χ2n) is 2.79. The van der Waals surface area contributed by atoms with Gasteiger partial charge in [-0.1, -0.05) is 0 Å².